The van der Waals surface area contributed by atoms with Crippen molar-refractivity contribution in [3.05, 3.63) is 138 Å². The maximum absolute atomic E-state index is 13.2. The quantitative estimate of drug-likeness (QED) is 0.201. The molecule has 0 bridgehead atoms. The molecule has 5 rings (SSSR count). The van der Waals surface area contributed by atoms with Crippen LogP contribution in [0.25, 0.3) is 34.3 Å². The molecule has 0 aliphatic carbocycles. The summed E-state index contributed by atoms with van der Waals surface area (Å²) in [6.45, 7) is 1.92. The van der Waals surface area contributed by atoms with E-state index in [0.717, 1.165) is 39.3 Å². The fourth-order valence-corrected chi connectivity index (χ4v) is 4.41. The van der Waals surface area contributed by atoms with Gasteiger partial charge >= 0.3 is 0 Å². The number of nitrogens with zero attached hydrogens (tertiary/aromatic N) is 2. The molecule has 0 radical (unpaired) electrons. The van der Waals surface area contributed by atoms with Gasteiger partial charge in [-0.05, 0) is 54.0 Å². The number of para-hydroxylation sites is 2. The molecule has 0 saturated carbocycles. The molecule has 0 saturated heterocycles. The molecular weight excluding hydrogens is 454 g/mol. The van der Waals surface area contributed by atoms with Gasteiger partial charge in [0, 0.05) is 16.9 Å². The van der Waals surface area contributed by atoms with Crippen molar-refractivity contribution in [3.63, 3.8) is 0 Å². The van der Waals surface area contributed by atoms with Gasteiger partial charge in [0.1, 0.15) is 11.6 Å². The van der Waals surface area contributed by atoms with Crippen LogP contribution in [0.3, 0.4) is 0 Å². The molecular formula is C33H25N3O. The van der Waals surface area contributed by atoms with Crippen molar-refractivity contribution in [1.29, 1.82) is 5.26 Å². The molecule has 0 unspecified atom stereocenters. The molecule has 178 valence electrons. The molecule has 1 amide bonds. The van der Waals surface area contributed by atoms with Crippen molar-refractivity contribution < 1.29 is 4.79 Å². The lowest BCUT2D eigenvalue weighted by Crippen LogP contribution is -2.14. The molecule has 4 heteroatoms. The Morgan fingerprint density at radius 1 is 0.784 bits per heavy atom. The number of carbonyl (C=O) groups is 1. The SMILES string of the molecule is Cc1ccccc1NC(=O)/C(C#N)=C/c1cc(-c2ccccc2)n(-c2ccccc2)c1-c1ccccc1. The zero-order chi connectivity index (χ0) is 25.6. The average Bonchev–Trinajstić information content (AvgIpc) is 3.33. The number of aromatic nitrogens is 1. The molecule has 0 fully saturated rings. The van der Waals surface area contributed by atoms with Gasteiger partial charge < -0.3 is 9.88 Å². The Labute approximate surface area is 216 Å². The van der Waals surface area contributed by atoms with Crippen LogP contribution in [-0.4, -0.2) is 10.5 Å². The van der Waals surface area contributed by atoms with Crippen LogP contribution in [-0.2, 0) is 4.79 Å². The molecule has 5 aromatic rings. The largest absolute Gasteiger partial charge is 0.321 e. The Balaban J connectivity index is 1.72. The van der Waals surface area contributed by atoms with Gasteiger partial charge in [0.25, 0.3) is 5.91 Å². The highest BCUT2D eigenvalue weighted by atomic mass is 16.1. The highest BCUT2D eigenvalue weighted by molar-refractivity contribution is 6.10. The van der Waals surface area contributed by atoms with Crippen LogP contribution in [0.5, 0.6) is 0 Å². The fourth-order valence-electron chi connectivity index (χ4n) is 4.41. The number of nitriles is 1. The summed E-state index contributed by atoms with van der Waals surface area (Å²) >= 11 is 0. The Hall–Kier alpha value is -5.14. The normalized spacial score (nSPS) is 11.1. The van der Waals surface area contributed by atoms with Crippen molar-refractivity contribution in [1.82, 2.24) is 4.57 Å². The fraction of sp³-hybridized carbons (Fsp3) is 0.0303. The van der Waals surface area contributed by atoms with Crippen molar-refractivity contribution in [2.75, 3.05) is 5.32 Å². The molecule has 1 N–H and O–H groups in total. The first-order chi connectivity index (χ1) is 18.2. The van der Waals surface area contributed by atoms with Gasteiger partial charge in [-0.2, -0.15) is 5.26 Å². The van der Waals surface area contributed by atoms with Crippen molar-refractivity contribution in [2.45, 2.75) is 6.92 Å². The Kier molecular flexibility index (Phi) is 6.78. The van der Waals surface area contributed by atoms with Gasteiger partial charge in [-0.15, -0.1) is 0 Å². The maximum Gasteiger partial charge on any atom is 0.266 e. The number of benzene rings is 4. The summed E-state index contributed by atoms with van der Waals surface area (Å²) in [6.07, 6.45) is 1.68. The van der Waals surface area contributed by atoms with E-state index in [4.69, 9.17) is 0 Å². The Morgan fingerprint density at radius 2 is 1.35 bits per heavy atom. The third-order valence-electron chi connectivity index (χ3n) is 6.22. The summed E-state index contributed by atoms with van der Waals surface area (Å²) < 4.78 is 2.19. The Morgan fingerprint density at radius 3 is 1.97 bits per heavy atom. The minimum Gasteiger partial charge on any atom is -0.321 e. The van der Waals surface area contributed by atoms with Crippen LogP contribution in [0.1, 0.15) is 11.1 Å². The summed E-state index contributed by atoms with van der Waals surface area (Å²) in [7, 11) is 0. The minimum atomic E-state index is -0.440. The lowest BCUT2D eigenvalue weighted by molar-refractivity contribution is -0.112. The van der Waals surface area contributed by atoms with Gasteiger partial charge in [-0.3, -0.25) is 4.79 Å². The first-order valence-corrected chi connectivity index (χ1v) is 12.1. The lowest BCUT2D eigenvalue weighted by Gasteiger charge is -2.15. The second-order valence-electron chi connectivity index (χ2n) is 8.68. The highest BCUT2D eigenvalue weighted by Gasteiger charge is 2.20. The van der Waals surface area contributed by atoms with E-state index < -0.39 is 5.91 Å². The smallest absolute Gasteiger partial charge is 0.266 e. The predicted molar refractivity (Wildman–Crippen MR) is 150 cm³/mol. The van der Waals surface area contributed by atoms with E-state index in [1.807, 2.05) is 104 Å². The number of nitrogens with one attached hydrogen (secondary N) is 1. The van der Waals surface area contributed by atoms with E-state index in [1.165, 1.54) is 0 Å². The van der Waals surface area contributed by atoms with Gasteiger partial charge in [-0.1, -0.05) is 97.1 Å². The van der Waals surface area contributed by atoms with E-state index in [-0.39, 0.29) is 5.57 Å². The third kappa shape index (κ3) is 4.98. The standard InChI is InChI=1S/C33H25N3O/c1-24-13-11-12-20-30(24)35-33(37)28(23-34)21-27-22-31(25-14-5-2-6-15-25)36(29-18-9-4-10-19-29)32(27)26-16-7-3-8-17-26/h2-22H,1H3,(H,35,37)/b28-21+. The summed E-state index contributed by atoms with van der Waals surface area (Å²) in [5, 5.41) is 12.9. The van der Waals surface area contributed by atoms with Crippen LogP contribution in [0.15, 0.2) is 127 Å². The lowest BCUT2D eigenvalue weighted by atomic mass is 10.0. The average molecular weight is 480 g/mol. The predicted octanol–water partition coefficient (Wildman–Crippen LogP) is 7.67. The van der Waals surface area contributed by atoms with Crippen LogP contribution in [0, 0.1) is 18.3 Å². The molecule has 0 aliphatic rings. The number of anilines is 1. The van der Waals surface area contributed by atoms with E-state index >= 15 is 0 Å². The topological polar surface area (TPSA) is 57.8 Å². The maximum atomic E-state index is 13.2. The minimum absolute atomic E-state index is 0.0326. The molecule has 1 heterocycles. The van der Waals surface area contributed by atoms with Crippen LogP contribution >= 0.6 is 0 Å². The van der Waals surface area contributed by atoms with Gasteiger partial charge in [0.05, 0.1) is 11.4 Å². The zero-order valence-corrected chi connectivity index (χ0v) is 20.4. The summed E-state index contributed by atoms with van der Waals surface area (Å²) in [4.78, 5) is 13.2. The number of hydrogen-bond acceptors (Lipinski definition) is 2. The number of aryl methyl sites for hydroxylation is 1. The summed E-state index contributed by atoms with van der Waals surface area (Å²) in [5.41, 5.74) is 7.31. The van der Waals surface area contributed by atoms with Crippen molar-refractivity contribution in [2.24, 2.45) is 0 Å². The van der Waals surface area contributed by atoms with Crippen LogP contribution in [0.4, 0.5) is 5.69 Å². The Bertz CT molecular complexity index is 1610. The zero-order valence-electron chi connectivity index (χ0n) is 20.4. The monoisotopic (exact) mass is 479 g/mol. The van der Waals surface area contributed by atoms with Gasteiger partial charge in [0.2, 0.25) is 0 Å². The molecule has 0 atom stereocenters. The molecule has 37 heavy (non-hydrogen) atoms. The van der Waals surface area contributed by atoms with Crippen molar-refractivity contribution in [3.8, 4) is 34.3 Å². The molecule has 1 aromatic heterocycles. The van der Waals surface area contributed by atoms with Crippen molar-refractivity contribution >= 4 is 17.7 Å². The molecule has 4 nitrogen and oxygen atoms in total. The molecule has 4 aromatic carbocycles. The molecule has 0 spiro atoms. The highest BCUT2D eigenvalue weighted by Crippen LogP contribution is 2.37. The second-order valence-corrected chi connectivity index (χ2v) is 8.68. The number of carbonyl (C=O) groups excluding carboxylic acids is 1. The summed E-state index contributed by atoms with van der Waals surface area (Å²) in [5.74, 6) is -0.440. The second kappa shape index (κ2) is 10.6. The van der Waals surface area contributed by atoms with E-state index in [1.54, 1.807) is 6.08 Å². The summed E-state index contributed by atoms with van der Waals surface area (Å²) in [6, 6.07) is 42.0. The van der Waals surface area contributed by atoms with E-state index in [2.05, 4.69) is 40.2 Å². The van der Waals surface area contributed by atoms with Gasteiger partial charge in [-0.25, -0.2) is 0 Å². The number of rotatable bonds is 6. The number of hydrogen-bond donors (Lipinski definition) is 1. The third-order valence-corrected chi connectivity index (χ3v) is 6.22. The number of amides is 1. The first kappa shape index (κ1) is 23.6. The van der Waals surface area contributed by atoms with E-state index in [0.29, 0.717) is 5.69 Å². The van der Waals surface area contributed by atoms with Crippen LogP contribution in [0.2, 0.25) is 0 Å². The first-order valence-electron chi connectivity index (χ1n) is 12.1. The van der Waals surface area contributed by atoms with Gasteiger partial charge in [0.15, 0.2) is 0 Å². The molecule has 0 aliphatic heterocycles. The van der Waals surface area contributed by atoms with Crippen LogP contribution < -0.4 is 5.32 Å². The van der Waals surface area contributed by atoms with E-state index in [9.17, 15) is 10.1 Å².